The molecular formula is C11H12N4O3. The molecule has 1 unspecified atom stereocenters. The second-order valence-electron chi connectivity index (χ2n) is 3.75. The van der Waals surface area contributed by atoms with Crippen molar-refractivity contribution in [3.63, 3.8) is 0 Å². The maximum atomic E-state index is 11.2. The molecule has 18 heavy (non-hydrogen) atoms. The molecule has 0 saturated heterocycles. The summed E-state index contributed by atoms with van der Waals surface area (Å²) in [6.07, 6.45) is 0. The molecule has 0 aliphatic carbocycles. The number of carbonyl (C=O) groups is 1. The minimum atomic E-state index is -0.419. The summed E-state index contributed by atoms with van der Waals surface area (Å²) in [7, 11) is 1.50. The molecule has 0 fully saturated rings. The second kappa shape index (κ2) is 4.91. The molecule has 0 saturated carbocycles. The first kappa shape index (κ1) is 12.2. The molecule has 1 atom stereocenters. The summed E-state index contributed by atoms with van der Waals surface area (Å²) >= 11 is 0. The Morgan fingerprint density at radius 1 is 1.39 bits per heavy atom. The number of aromatic nitrogens is 4. The number of ether oxygens (including phenoxy) is 1. The van der Waals surface area contributed by atoms with Gasteiger partial charge in [0.25, 0.3) is 0 Å². The molecule has 0 aromatic carbocycles. The van der Waals surface area contributed by atoms with E-state index in [1.54, 1.807) is 19.1 Å². The van der Waals surface area contributed by atoms with Crippen LogP contribution in [0.1, 0.15) is 25.7 Å². The van der Waals surface area contributed by atoms with Gasteiger partial charge in [0.05, 0.1) is 13.0 Å². The number of carbonyl (C=O) groups excluding carboxylic acids is 1. The fourth-order valence-electron chi connectivity index (χ4n) is 1.24. The number of hydrogen-bond donors (Lipinski definition) is 0. The van der Waals surface area contributed by atoms with Gasteiger partial charge in [0.1, 0.15) is 11.5 Å². The summed E-state index contributed by atoms with van der Waals surface area (Å²) in [4.78, 5) is 15.3. The number of Topliss-reactive ketones (excluding diaryl/α,β-unsaturated/α-hetero) is 1. The SMILES string of the molecule is COc1ccc(-c2noc(C(C)C(C)=O)n2)nn1. The van der Waals surface area contributed by atoms with Crippen molar-refractivity contribution in [2.45, 2.75) is 19.8 Å². The molecule has 0 aliphatic heterocycles. The third-order valence-corrected chi connectivity index (χ3v) is 2.50. The van der Waals surface area contributed by atoms with Crippen LogP contribution < -0.4 is 4.74 Å². The highest BCUT2D eigenvalue weighted by Gasteiger charge is 2.19. The van der Waals surface area contributed by atoms with E-state index in [0.29, 0.717) is 17.4 Å². The molecule has 2 aromatic heterocycles. The zero-order chi connectivity index (χ0) is 13.1. The monoisotopic (exact) mass is 248 g/mol. The fourth-order valence-corrected chi connectivity index (χ4v) is 1.24. The van der Waals surface area contributed by atoms with Crippen LogP contribution in [0.4, 0.5) is 0 Å². The number of ketones is 1. The van der Waals surface area contributed by atoms with Gasteiger partial charge in [-0.2, -0.15) is 4.98 Å². The normalized spacial score (nSPS) is 12.2. The van der Waals surface area contributed by atoms with Crippen LogP contribution in [0.2, 0.25) is 0 Å². The Balaban J connectivity index is 2.26. The van der Waals surface area contributed by atoms with Crippen LogP contribution in [0.25, 0.3) is 11.5 Å². The lowest BCUT2D eigenvalue weighted by Gasteiger charge is -1.98. The number of hydrogen-bond acceptors (Lipinski definition) is 7. The smallest absolute Gasteiger partial charge is 0.237 e. The molecule has 2 rings (SSSR count). The average molecular weight is 248 g/mol. The molecule has 2 heterocycles. The van der Waals surface area contributed by atoms with Crippen LogP contribution in [0, 0.1) is 0 Å². The molecule has 7 heteroatoms. The highest BCUT2D eigenvalue weighted by atomic mass is 16.5. The lowest BCUT2D eigenvalue weighted by molar-refractivity contribution is -0.118. The summed E-state index contributed by atoms with van der Waals surface area (Å²) in [6, 6.07) is 3.31. The van der Waals surface area contributed by atoms with E-state index < -0.39 is 5.92 Å². The maximum absolute atomic E-state index is 11.2. The van der Waals surface area contributed by atoms with Gasteiger partial charge in [0.2, 0.25) is 17.6 Å². The molecule has 0 amide bonds. The van der Waals surface area contributed by atoms with Crippen LogP contribution in [0.5, 0.6) is 5.88 Å². The van der Waals surface area contributed by atoms with Crippen molar-refractivity contribution in [2.24, 2.45) is 0 Å². The Morgan fingerprint density at radius 2 is 2.17 bits per heavy atom. The van der Waals surface area contributed by atoms with E-state index in [2.05, 4.69) is 20.3 Å². The van der Waals surface area contributed by atoms with Crippen molar-refractivity contribution in [3.8, 4) is 17.4 Å². The first-order valence-electron chi connectivity index (χ1n) is 5.34. The predicted molar refractivity (Wildman–Crippen MR) is 61.0 cm³/mol. The van der Waals surface area contributed by atoms with E-state index in [0.717, 1.165) is 0 Å². The quantitative estimate of drug-likeness (QED) is 0.803. The lowest BCUT2D eigenvalue weighted by Crippen LogP contribution is -2.04. The van der Waals surface area contributed by atoms with Gasteiger partial charge in [-0.25, -0.2) is 0 Å². The highest BCUT2D eigenvalue weighted by molar-refractivity contribution is 5.81. The first-order valence-corrected chi connectivity index (χ1v) is 5.34. The molecule has 0 bridgehead atoms. The summed E-state index contributed by atoms with van der Waals surface area (Å²) in [6.45, 7) is 3.18. The molecule has 2 aromatic rings. The average Bonchev–Trinajstić information content (AvgIpc) is 2.87. The van der Waals surface area contributed by atoms with Gasteiger partial charge in [-0.3, -0.25) is 4.79 Å². The topological polar surface area (TPSA) is 91.0 Å². The summed E-state index contributed by atoms with van der Waals surface area (Å²) in [5, 5.41) is 11.5. The van der Waals surface area contributed by atoms with Crippen LogP contribution in [-0.4, -0.2) is 33.2 Å². The van der Waals surface area contributed by atoms with Gasteiger partial charge < -0.3 is 9.26 Å². The Morgan fingerprint density at radius 3 is 2.72 bits per heavy atom. The largest absolute Gasteiger partial charge is 0.480 e. The van der Waals surface area contributed by atoms with Gasteiger partial charge in [-0.15, -0.1) is 10.2 Å². The first-order chi connectivity index (χ1) is 8.61. The van der Waals surface area contributed by atoms with E-state index in [-0.39, 0.29) is 11.7 Å². The standard InChI is InChI=1S/C11H12N4O3/c1-6(7(2)16)11-12-10(15-18-11)8-4-5-9(17-3)14-13-8/h4-6H,1-3H3. The Labute approximate surface area is 103 Å². The Kier molecular flexibility index (Phi) is 3.31. The van der Waals surface area contributed by atoms with E-state index in [1.807, 2.05) is 0 Å². The van der Waals surface area contributed by atoms with Crippen molar-refractivity contribution in [1.29, 1.82) is 0 Å². The predicted octanol–water partition coefficient (Wildman–Crippen LogP) is 1.23. The third kappa shape index (κ3) is 2.34. The molecule has 7 nitrogen and oxygen atoms in total. The summed E-state index contributed by atoms with van der Waals surface area (Å²) in [5.41, 5.74) is 0.460. The Hall–Kier alpha value is -2.31. The van der Waals surface area contributed by atoms with Gasteiger partial charge >= 0.3 is 0 Å². The van der Waals surface area contributed by atoms with E-state index in [1.165, 1.54) is 14.0 Å². The van der Waals surface area contributed by atoms with Crippen LogP contribution >= 0.6 is 0 Å². The summed E-state index contributed by atoms with van der Waals surface area (Å²) < 4.78 is 9.92. The molecule has 94 valence electrons. The lowest BCUT2D eigenvalue weighted by atomic mass is 10.1. The number of rotatable bonds is 4. The second-order valence-corrected chi connectivity index (χ2v) is 3.75. The van der Waals surface area contributed by atoms with Crippen molar-refractivity contribution in [2.75, 3.05) is 7.11 Å². The van der Waals surface area contributed by atoms with Crippen LogP contribution in [0.3, 0.4) is 0 Å². The number of methoxy groups -OCH3 is 1. The minimum absolute atomic E-state index is 0.0361. The van der Waals surface area contributed by atoms with Crippen molar-refractivity contribution in [3.05, 3.63) is 18.0 Å². The molecule has 0 aliphatic rings. The molecule has 0 radical (unpaired) electrons. The van der Waals surface area contributed by atoms with Gasteiger partial charge in [0, 0.05) is 6.07 Å². The van der Waals surface area contributed by atoms with Crippen molar-refractivity contribution in [1.82, 2.24) is 20.3 Å². The fraction of sp³-hybridized carbons (Fsp3) is 0.364. The van der Waals surface area contributed by atoms with Gasteiger partial charge in [-0.1, -0.05) is 5.16 Å². The number of nitrogens with zero attached hydrogens (tertiary/aromatic N) is 4. The van der Waals surface area contributed by atoms with E-state index in [9.17, 15) is 4.79 Å². The molecule has 0 N–H and O–H groups in total. The van der Waals surface area contributed by atoms with Crippen LogP contribution in [-0.2, 0) is 4.79 Å². The van der Waals surface area contributed by atoms with Gasteiger partial charge in [-0.05, 0) is 19.9 Å². The zero-order valence-corrected chi connectivity index (χ0v) is 10.2. The van der Waals surface area contributed by atoms with Crippen molar-refractivity contribution >= 4 is 5.78 Å². The molecule has 0 spiro atoms. The molecular weight excluding hydrogens is 236 g/mol. The van der Waals surface area contributed by atoms with Crippen LogP contribution in [0.15, 0.2) is 16.7 Å². The minimum Gasteiger partial charge on any atom is -0.480 e. The highest BCUT2D eigenvalue weighted by Crippen LogP contribution is 2.19. The zero-order valence-electron chi connectivity index (χ0n) is 10.2. The van der Waals surface area contributed by atoms with Gasteiger partial charge in [0.15, 0.2) is 0 Å². The Bertz CT molecular complexity index is 550. The maximum Gasteiger partial charge on any atom is 0.237 e. The summed E-state index contributed by atoms with van der Waals surface area (Å²) in [5.74, 6) is 0.520. The van der Waals surface area contributed by atoms with E-state index >= 15 is 0 Å². The van der Waals surface area contributed by atoms with Crippen molar-refractivity contribution < 1.29 is 14.1 Å². The third-order valence-electron chi connectivity index (χ3n) is 2.50. The van der Waals surface area contributed by atoms with E-state index in [4.69, 9.17) is 9.26 Å².